The molecule has 0 spiro atoms. The maximum atomic E-state index is 9.65. The summed E-state index contributed by atoms with van der Waals surface area (Å²) in [4.78, 5) is 9.23. The lowest BCUT2D eigenvalue weighted by Gasteiger charge is -2.35. The fraction of sp³-hybridized carbons (Fsp3) is 0.360. The van der Waals surface area contributed by atoms with E-state index >= 15 is 0 Å². The van der Waals surface area contributed by atoms with Gasteiger partial charge < -0.3 is 23.7 Å². The van der Waals surface area contributed by atoms with E-state index in [0.717, 1.165) is 30.9 Å². The van der Waals surface area contributed by atoms with Gasteiger partial charge in [-0.05, 0) is 76.4 Å². The summed E-state index contributed by atoms with van der Waals surface area (Å²) in [5.41, 5.74) is 2.29. The number of likely N-dealkylation sites (tertiary alicyclic amines) is 1. The first-order valence-corrected chi connectivity index (χ1v) is 11.3. The molecule has 4 heterocycles. The van der Waals surface area contributed by atoms with Gasteiger partial charge in [0.15, 0.2) is 5.76 Å². The van der Waals surface area contributed by atoms with Crippen LogP contribution in [0.1, 0.15) is 12.8 Å². The van der Waals surface area contributed by atoms with Crippen molar-refractivity contribution in [2.24, 2.45) is 5.16 Å². The highest BCUT2D eigenvalue weighted by Crippen LogP contribution is 2.24. The normalized spacial score (nSPS) is 16.3. The van der Waals surface area contributed by atoms with Gasteiger partial charge in [-0.3, -0.25) is 4.90 Å². The first-order valence-electron chi connectivity index (χ1n) is 11.3. The molecule has 0 amide bonds. The minimum absolute atomic E-state index is 0.416. The monoisotopic (exact) mass is 447 g/mol. The van der Waals surface area contributed by atoms with Gasteiger partial charge in [-0.1, -0.05) is 5.16 Å². The zero-order valence-corrected chi connectivity index (χ0v) is 19.0. The molecule has 0 radical (unpaired) electrons. The van der Waals surface area contributed by atoms with Crippen LogP contribution in [-0.2, 0) is 0 Å². The Balaban J connectivity index is 1.30. The third kappa shape index (κ3) is 4.58. The summed E-state index contributed by atoms with van der Waals surface area (Å²) in [6, 6.07) is 13.9. The van der Waals surface area contributed by atoms with E-state index in [0.29, 0.717) is 40.4 Å². The third-order valence-corrected chi connectivity index (χ3v) is 6.46. The van der Waals surface area contributed by atoms with Crippen molar-refractivity contribution in [1.82, 2.24) is 19.2 Å². The number of hydrogen-bond donors (Lipinski definition) is 1. The molecule has 0 saturated carbocycles. The molecule has 1 aliphatic heterocycles. The standard InChI is InChI=1S/C25H29N5O3/c1-28(2)18-7-10-29(11-8-18)12-13-32-20-5-6-24-21(15-20)22(27-31)16-25(33-24)23-14-19-4-3-9-30(19)17-26-23/h3-6,9,14-18,31H,7-8,10-13H2,1-2H3. The minimum atomic E-state index is 0.416. The van der Waals surface area contributed by atoms with Crippen molar-refractivity contribution < 1.29 is 14.4 Å². The fourth-order valence-corrected chi connectivity index (χ4v) is 4.47. The molecule has 1 fully saturated rings. The molecular weight excluding hydrogens is 418 g/mol. The van der Waals surface area contributed by atoms with E-state index in [9.17, 15) is 5.21 Å². The lowest BCUT2D eigenvalue weighted by atomic mass is 10.0. The van der Waals surface area contributed by atoms with Gasteiger partial charge in [0, 0.05) is 30.4 Å². The molecule has 1 saturated heterocycles. The van der Waals surface area contributed by atoms with Crippen molar-refractivity contribution in [3.05, 3.63) is 60.3 Å². The van der Waals surface area contributed by atoms with Gasteiger partial charge in [0.05, 0.1) is 11.7 Å². The van der Waals surface area contributed by atoms with Crippen molar-refractivity contribution in [3.63, 3.8) is 0 Å². The molecule has 8 nitrogen and oxygen atoms in total. The van der Waals surface area contributed by atoms with E-state index in [1.54, 1.807) is 12.4 Å². The predicted molar refractivity (Wildman–Crippen MR) is 126 cm³/mol. The van der Waals surface area contributed by atoms with Crippen LogP contribution in [0.3, 0.4) is 0 Å². The topological polar surface area (TPSA) is 78.7 Å². The molecule has 0 atom stereocenters. The number of rotatable bonds is 6. The average Bonchev–Trinajstić information content (AvgIpc) is 3.31. The SMILES string of the molecule is CN(C)C1CCN(CCOc2ccc3oc(-c4cc5cccn5cn4)cc(=NO)c3c2)CC1. The van der Waals surface area contributed by atoms with Crippen LogP contribution in [-0.4, -0.2) is 70.8 Å². The molecule has 0 unspecified atom stereocenters. The van der Waals surface area contributed by atoms with Crippen LogP contribution >= 0.6 is 0 Å². The first-order chi connectivity index (χ1) is 16.1. The second-order valence-electron chi connectivity index (χ2n) is 8.75. The van der Waals surface area contributed by atoms with Gasteiger partial charge >= 0.3 is 0 Å². The van der Waals surface area contributed by atoms with Crippen molar-refractivity contribution >= 4 is 16.5 Å². The lowest BCUT2D eigenvalue weighted by Crippen LogP contribution is -2.43. The molecule has 5 rings (SSSR count). The second kappa shape index (κ2) is 9.25. The highest BCUT2D eigenvalue weighted by Gasteiger charge is 2.20. The average molecular weight is 448 g/mol. The molecule has 8 heteroatoms. The predicted octanol–water partition coefficient (Wildman–Crippen LogP) is 3.44. The molecule has 1 N–H and O–H groups in total. The summed E-state index contributed by atoms with van der Waals surface area (Å²) < 4.78 is 14.0. The van der Waals surface area contributed by atoms with Crippen LogP contribution in [0.25, 0.3) is 27.9 Å². The maximum Gasteiger partial charge on any atom is 0.155 e. The molecular formula is C25H29N5O3. The summed E-state index contributed by atoms with van der Waals surface area (Å²) in [6.45, 7) is 3.71. The van der Waals surface area contributed by atoms with Crippen molar-refractivity contribution in [3.8, 4) is 17.2 Å². The smallest absolute Gasteiger partial charge is 0.155 e. The number of fused-ring (bicyclic) bond motifs is 2. The van der Waals surface area contributed by atoms with Crippen molar-refractivity contribution in [2.75, 3.05) is 40.3 Å². The quantitative estimate of drug-likeness (QED) is 0.360. The first kappa shape index (κ1) is 21.5. The number of piperidine rings is 1. The molecule has 0 aliphatic carbocycles. The number of aromatic nitrogens is 2. The van der Waals surface area contributed by atoms with Gasteiger partial charge in [-0.15, -0.1) is 0 Å². The van der Waals surface area contributed by atoms with Crippen LogP contribution in [0, 0.1) is 0 Å². The van der Waals surface area contributed by atoms with Crippen LogP contribution in [0.2, 0.25) is 0 Å². The molecule has 33 heavy (non-hydrogen) atoms. The van der Waals surface area contributed by atoms with E-state index in [1.165, 1.54) is 12.8 Å². The molecule has 0 bridgehead atoms. The van der Waals surface area contributed by atoms with E-state index in [1.807, 2.05) is 47.0 Å². The largest absolute Gasteiger partial charge is 0.492 e. The summed E-state index contributed by atoms with van der Waals surface area (Å²) in [6.07, 6.45) is 6.06. The van der Waals surface area contributed by atoms with E-state index in [2.05, 4.69) is 34.0 Å². The Labute approximate surface area is 192 Å². The Hall–Kier alpha value is -3.36. The summed E-state index contributed by atoms with van der Waals surface area (Å²) >= 11 is 0. The Morgan fingerprint density at radius 2 is 2.03 bits per heavy atom. The number of hydrogen-bond acceptors (Lipinski definition) is 7. The van der Waals surface area contributed by atoms with Crippen LogP contribution < -0.4 is 10.1 Å². The highest BCUT2D eigenvalue weighted by molar-refractivity contribution is 5.80. The Kier molecular flexibility index (Phi) is 6.02. The zero-order valence-electron chi connectivity index (χ0n) is 19.0. The van der Waals surface area contributed by atoms with Crippen LogP contribution in [0.15, 0.2) is 64.6 Å². The van der Waals surface area contributed by atoms with E-state index in [4.69, 9.17) is 9.15 Å². The molecule has 1 aromatic carbocycles. The maximum absolute atomic E-state index is 9.65. The van der Waals surface area contributed by atoms with E-state index in [-0.39, 0.29) is 0 Å². The van der Waals surface area contributed by atoms with Gasteiger partial charge in [-0.25, -0.2) is 4.98 Å². The second-order valence-corrected chi connectivity index (χ2v) is 8.75. The van der Waals surface area contributed by atoms with Crippen LogP contribution in [0.5, 0.6) is 5.75 Å². The van der Waals surface area contributed by atoms with Crippen LogP contribution in [0.4, 0.5) is 0 Å². The van der Waals surface area contributed by atoms with E-state index < -0.39 is 0 Å². The Morgan fingerprint density at radius 1 is 1.18 bits per heavy atom. The highest BCUT2D eigenvalue weighted by atomic mass is 16.5. The number of ether oxygens (including phenoxy) is 1. The lowest BCUT2D eigenvalue weighted by molar-refractivity contribution is 0.128. The molecule has 1 aliphatic rings. The molecule has 3 aromatic heterocycles. The third-order valence-electron chi connectivity index (χ3n) is 6.46. The zero-order chi connectivity index (χ0) is 22.8. The summed E-state index contributed by atoms with van der Waals surface area (Å²) in [5.74, 6) is 1.26. The summed E-state index contributed by atoms with van der Waals surface area (Å²) in [7, 11) is 4.31. The molecule has 4 aromatic rings. The number of nitrogens with zero attached hydrogens (tertiary/aromatic N) is 5. The fourth-order valence-electron chi connectivity index (χ4n) is 4.47. The number of benzene rings is 1. The minimum Gasteiger partial charge on any atom is -0.492 e. The Morgan fingerprint density at radius 3 is 2.82 bits per heavy atom. The van der Waals surface area contributed by atoms with Gasteiger partial charge in [0.1, 0.15) is 29.0 Å². The van der Waals surface area contributed by atoms with Crippen molar-refractivity contribution in [2.45, 2.75) is 18.9 Å². The van der Waals surface area contributed by atoms with Gasteiger partial charge in [0.2, 0.25) is 0 Å². The van der Waals surface area contributed by atoms with Crippen molar-refractivity contribution in [1.29, 1.82) is 0 Å². The summed E-state index contributed by atoms with van der Waals surface area (Å²) in [5, 5.41) is 14.2. The Bertz CT molecular complexity index is 1320. The molecule has 172 valence electrons. The van der Waals surface area contributed by atoms with Gasteiger partial charge in [0.25, 0.3) is 0 Å². The van der Waals surface area contributed by atoms with Gasteiger partial charge in [-0.2, -0.15) is 0 Å².